The average Bonchev–Trinajstić information content (AvgIpc) is 3.16. The normalized spacial score (nSPS) is 18.0. The molecule has 0 saturated carbocycles. The second kappa shape index (κ2) is 8.72. The molecule has 1 saturated heterocycles. The molecule has 0 bridgehead atoms. The Hall–Kier alpha value is -3.84. The summed E-state index contributed by atoms with van der Waals surface area (Å²) in [5.41, 5.74) is 1.54. The van der Waals surface area contributed by atoms with Crippen LogP contribution in [0.15, 0.2) is 29.3 Å². The highest BCUT2D eigenvalue weighted by atomic mass is 16.3. The topological polar surface area (TPSA) is 114 Å². The molecule has 1 aromatic heterocycles. The number of rotatable bonds is 5. The molecule has 3 amide bonds. The second-order valence-electron chi connectivity index (χ2n) is 7.41. The molecular weight excluding hydrogens is 410 g/mol. The second-order valence-corrected chi connectivity index (χ2v) is 7.41. The third-order valence-electron chi connectivity index (χ3n) is 5.37. The van der Waals surface area contributed by atoms with Crippen LogP contribution in [0.4, 0.5) is 4.79 Å². The summed E-state index contributed by atoms with van der Waals surface area (Å²) in [6.07, 6.45) is 0. The van der Waals surface area contributed by atoms with Crippen molar-refractivity contribution >= 4 is 34.6 Å². The van der Waals surface area contributed by atoms with Crippen molar-refractivity contribution in [1.29, 1.82) is 0 Å². The van der Waals surface area contributed by atoms with E-state index in [2.05, 4.69) is 32.1 Å². The predicted octanol–water partition coefficient (Wildman–Crippen LogP) is 0.0866. The first kappa shape index (κ1) is 21.4. The number of para-hydroxylation sites is 1. The number of nitrogens with zero attached hydrogens (tertiary/aromatic N) is 6. The molecule has 2 aliphatic heterocycles. The molecule has 32 heavy (non-hydrogen) atoms. The van der Waals surface area contributed by atoms with Crippen molar-refractivity contribution in [3.8, 4) is 11.8 Å². The zero-order valence-corrected chi connectivity index (χ0v) is 18.2. The Morgan fingerprint density at radius 2 is 2.03 bits per heavy atom. The van der Waals surface area contributed by atoms with E-state index in [1.54, 1.807) is 18.5 Å². The lowest BCUT2D eigenvalue weighted by molar-refractivity contribution is -0.525. The van der Waals surface area contributed by atoms with Crippen LogP contribution in [-0.2, 0) is 11.3 Å². The van der Waals surface area contributed by atoms with Crippen molar-refractivity contribution < 1.29 is 19.3 Å². The minimum absolute atomic E-state index is 0.0514. The van der Waals surface area contributed by atoms with Gasteiger partial charge in [0.2, 0.25) is 11.9 Å². The van der Waals surface area contributed by atoms with Crippen LogP contribution in [-0.4, -0.2) is 86.0 Å². The van der Waals surface area contributed by atoms with E-state index < -0.39 is 18.0 Å². The van der Waals surface area contributed by atoms with Crippen LogP contribution in [0.5, 0.6) is 0 Å². The number of urea groups is 1. The lowest BCUT2D eigenvalue weighted by Crippen LogP contribution is -2.62. The lowest BCUT2D eigenvalue weighted by atomic mass is 10.1. The zero-order valence-electron chi connectivity index (χ0n) is 18.2. The first-order chi connectivity index (χ1) is 15.5. The molecule has 10 nitrogen and oxygen atoms in total. The number of likely N-dealkylation sites (N-methyl/N-ethyl adjacent to an activating group) is 1. The van der Waals surface area contributed by atoms with Crippen molar-refractivity contribution in [2.24, 2.45) is 4.99 Å². The predicted molar refractivity (Wildman–Crippen MR) is 118 cm³/mol. The van der Waals surface area contributed by atoms with E-state index in [1.165, 1.54) is 4.90 Å². The number of amides is 3. The van der Waals surface area contributed by atoms with E-state index in [9.17, 15) is 14.7 Å². The Balaban J connectivity index is 1.69. The van der Waals surface area contributed by atoms with Gasteiger partial charge in [-0.15, -0.1) is 5.92 Å². The van der Waals surface area contributed by atoms with Gasteiger partial charge in [0.1, 0.15) is 12.4 Å². The van der Waals surface area contributed by atoms with Gasteiger partial charge in [0, 0.05) is 18.1 Å². The number of hydrogen-bond donors (Lipinski definition) is 2. The van der Waals surface area contributed by atoms with Gasteiger partial charge in [-0.3, -0.25) is 19.9 Å². The molecule has 2 N–H and O–H groups in total. The summed E-state index contributed by atoms with van der Waals surface area (Å²) in [6.45, 7) is 3.94. The fourth-order valence-electron chi connectivity index (χ4n) is 3.81. The maximum Gasteiger partial charge on any atom is 0.390 e. The minimum Gasteiger partial charge on any atom is -0.393 e. The highest BCUT2D eigenvalue weighted by Gasteiger charge is 2.52. The number of aromatic nitrogens is 2. The van der Waals surface area contributed by atoms with Gasteiger partial charge in [-0.1, -0.05) is 29.1 Å². The number of carbonyl (C=O) groups excluding carboxylic acids is 2. The van der Waals surface area contributed by atoms with Gasteiger partial charge in [0.25, 0.3) is 5.91 Å². The molecule has 0 radical (unpaired) electrons. The van der Waals surface area contributed by atoms with E-state index in [0.29, 0.717) is 17.6 Å². The molecule has 0 aliphatic carbocycles. The number of nitrogens with one attached hydrogen (secondary N) is 1. The van der Waals surface area contributed by atoms with Crippen LogP contribution in [0.3, 0.4) is 0 Å². The standard InChI is InChI=1S/C22H23N7O3/c1-4-5-11-28-18-19(26-21(28)23-10-12-30)27(3)22(32)29(20(18)31)13-17-24-14(2)15-8-6-7-9-16(15)25-17/h6-9,18,30H,10-13H2,1-3H3/p+1. The van der Waals surface area contributed by atoms with Gasteiger partial charge in [-0.2, -0.15) is 0 Å². The molecule has 4 rings (SSSR count). The van der Waals surface area contributed by atoms with E-state index in [4.69, 9.17) is 0 Å². The summed E-state index contributed by atoms with van der Waals surface area (Å²) < 4.78 is 1.70. The number of aliphatic imine (C=N–C) groups is 1. The third-order valence-corrected chi connectivity index (χ3v) is 5.37. The molecule has 3 heterocycles. The molecule has 1 aromatic carbocycles. The summed E-state index contributed by atoms with van der Waals surface area (Å²) in [4.78, 5) is 42.5. The average molecular weight is 434 g/mol. The van der Waals surface area contributed by atoms with Crippen LogP contribution in [0.25, 0.3) is 10.9 Å². The summed E-state index contributed by atoms with van der Waals surface area (Å²) in [5.74, 6) is 6.46. The van der Waals surface area contributed by atoms with Gasteiger partial charge >= 0.3 is 12.0 Å². The van der Waals surface area contributed by atoms with Crippen molar-refractivity contribution in [3.63, 3.8) is 0 Å². The SMILES string of the molecule is CC#CC[N+]1=C(NCCO)N=C2C1C(=O)N(Cc1nc(C)c3ccccc3n1)C(=O)N2C. The van der Waals surface area contributed by atoms with Crippen LogP contribution in [0.1, 0.15) is 18.4 Å². The third kappa shape index (κ3) is 3.67. The largest absolute Gasteiger partial charge is 0.393 e. The molecular formula is C22H24N7O3+. The highest BCUT2D eigenvalue weighted by molar-refractivity contribution is 6.22. The number of benzene rings is 1. The van der Waals surface area contributed by atoms with Gasteiger partial charge in [0.15, 0.2) is 0 Å². The first-order valence-corrected chi connectivity index (χ1v) is 10.2. The molecule has 1 unspecified atom stereocenters. The molecule has 0 spiro atoms. The number of fused-ring (bicyclic) bond motifs is 2. The monoisotopic (exact) mass is 434 g/mol. The van der Waals surface area contributed by atoms with E-state index in [1.807, 2.05) is 31.2 Å². The number of aliphatic hydroxyl groups excluding tert-OH is 1. The first-order valence-electron chi connectivity index (χ1n) is 10.2. The smallest absolute Gasteiger partial charge is 0.390 e. The quantitative estimate of drug-likeness (QED) is 0.509. The lowest BCUT2D eigenvalue weighted by Gasteiger charge is -2.33. The molecule has 164 valence electrons. The highest BCUT2D eigenvalue weighted by Crippen LogP contribution is 2.22. The fraction of sp³-hybridized carbons (Fsp3) is 0.364. The summed E-state index contributed by atoms with van der Waals surface area (Å²) in [7, 11) is 1.58. The van der Waals surface area contributed by atoms with Gasteiger partial charge in [0.05, 0.1) is 25.2 Å². The van der Waals surface area contributed by atoms with Crippen LogP contribution >= 0.6 is 0 Å². The number of guanidine groups is 1. The van der Waals surface area contributed by atoms with E-state index in [-0.39, 0.29) is 26.2 Å². The van der Waals surface area contributed by atoms with Gasteiger partial charge in [-0.25, -0.2) is 19.3 Å². The van der Waals surface area contributed by atoms with E-state index in [0.717, 1.165) is 21.5 Å². The molecule has 10 heteroatoms. The molecule has 1 atom stereocenters. The molecule has 1 fully saturated rings. The number of carbonyl (C=O) groups is 2. The number of aryl methyl sites for hydroxylation is 1. The Kier molecular flexibility index (Phi) is 5.83. The number of hydrogen-bond acceptors (Lipinski definition) is 7. The zero-order chi connectivity index (χ0) is 22.8. The fourth-order valence-corrected chi connectivity index (χ4v) is 3.81. The Morgan fingerprint density at radius 1 is 1.25 bits per heavy atom. The Labute approximate surface area is 185 Å². The number of aliphatic hydroxyl groups is 1. The maximum absolute atomic E-state index is 13.5. The minimum atomic E-state index is -0.804. The van der Waals surface area contributed by atoms with Gasteiger partial charge in [-0.05, 0) is 19.9 Å². The van der Waals surface area contributed by atoms with Crippen LogP contribution in [0.2, 0.25) is 0 Å². The van der Waals surface area contributed by atoms with Crippen molar-refractivity contribution in [1.82, 2.24) is 25.1 Å². The van der Waals surface area contributed by atoms with Crippen molar-refractivity contribution in [2.45, 2.75) is 26.4 Å². The number of imide groups is 1. The van der Waals surface area contributed by atoms with Crippen LogP contribution in [0, 0.1) is 18.8 Å². The van der Waals surface area contributed by atoms with Crippen molar-refractivity contribution in [3.05, 3.63) is 35.8 Å². The summed E-state index contributed by atoms with van der Waals surface area (Å²) in [6, 6.07) is 6.31. The van der Waals surface area contributed by atoms with Crippen molar-refractivity contribution in [2.75, 3.05) is 26.7 Å². The van der Waals surface area contributed by atoms with E-state index >= 15 is 0 Å². The Bertz CT molecular complexity index is 1220. The molecule has 2 aliphatic rings. The van der Waals surface area contributed by atoms with Gasteiger partial charge < -0.3 is 5.11 Å². The number of amidine groups is 1. The Morgan fingerprint density at radius 3 is 2.78 bits per heavy atom. The summed E-state index contributed by atoms with van der Waals surface area (Å²) in [5, 5.41) is 13.1. The maximum atomic E-state index is 13.5. The molecule has 2 aromatic rings. The van der Waals surface area contributed by atoms with Crippen LogP contribution < -0.4 is 5.32 Å². The summed E-state index contributed by atoms with van der Waals surface area (Å²) >= 11 is 0.